The molecule has 8 N–H and O–H groups in total. The highest BCUT2D eigenvalue weighted by molar-refractivity contribution is 7.80. The van der Waals surface area contributed by atoms with E-state index in [0.29, 0.717) is 31.0 Å². The number of anilines is 1. The van der Waals surface area contributed by atoms with Crippen LogP contribution in [0.25, 0.3) is 0 Å². The smallest absolute Gasteiger partial charge is 0.326 e. The van der Waals surface area contributed by atoms with Crippen LogP contribution in [0.2, 0.25) is 0 Å². The number of ketones is 2. The van der Waals surface area contributed by atoms with E-state index in [1.165, 1.54) is 5.56 Å². The number of thiocarbonyl (C=S) groups is 1. The number of hydrogen-bond donors (Lipinski definition) is 8. The van der Waals surface area contributed by atoms with Crippen LogP contribution in [0.3, 0.4) is 0 Å². The molecular weight excluding hydrogens is 825 g/mol. The third kappa shape index (κ3) is 22.4. The first-order valence-electron chi connectivity index (χ1n) is 21.6. The molecule has 1 fully saturated rings. The summed E-state index contributed by atoms with van der Waals surface area (Å²) in [5.74, 6) is -5.79. The Hall–Kier alpha value is -4.76. The number of nitrogens with zero attached hydrogens (tertiary/aromatic N) is 4. The lowest BCUT2D eigenvalue weighted by molar-refractivity contribution is -0.141. The van der Waals surface area contributed by atoms with Crippen LogP contribution in [0, 0.1) is 0 Å². The molecule has 1 aromatic rings. The molecule has 0 radical (unpaired) electrons. The summed E-state index contributed by atoms with van der Waals surface area (Å²) in [7, 11) is 0. The van der Waals surface area contributed by atoms with Gasteiger partial charge in [-0.3, -0.25) is 29.0 Å². The molecule has 1 heterocycles. The summed E-state index contributed by atoms with van der Waals surface area (Å²) < 4.78 is 0. The molecule has 1 aromatic carbocycles. The first-order chi connectivity index (χ1) is 29.5. The molecule has 1 saturated heterocycles. The number of unbranched alkanes of at least 4 members (excludes halogenated alkanes) is 2. The van der Waals surface area contributed by atoms with Crippen molar-refractivity contribution in [1.29, 1.82) is 0 Å². The zero-order valence-electron chi connectivity index (χ0n) is 36.4. The molecular formula is C42H68N8O11S. The van der Waals surface area contributed by atoms with E-state index in [-0.39, 0.29) is 44.1 Å². The largest absolute Gasteiger partial charge is 0.481 e. The summed E-state index contributed by atoms with van der Waals surface area (Å²) in [5, 5.41) is 47.9. The molecule has 3 atom stereocenters. The molecule has 0 unspecified atom stereocenters. The number of carbonyl (C=O) groups is 7. The van der Waals surface area contributed by atoms with Crippen LogP contribution in [0.5, 0.6) is 0 Å². The van der Waals surface area contributed by atoms with Crippen molar-refractivity contribution >= 4 is 64.5 Å². The van der Waals surface area contributed by atoms with E-state index in [2.05, 4.69) is 63.6 Å². The van der Waals surface area contributed by atoms with Crippen LogP contribution < -0.4 is 21.3 Å². The fourth-order valence-electron chi connectivity index (χ4n) is 7.15. The number of Topliss-reactive ketones (excluding diaryl/α,β-unsaturated/α-hetero) is 2. The predicted molar refractivity (Wildman–Crippen MR) is 237 cm³/mol. The van der Waals surface area contributed by atoms with E-state index in [4.69, 9.17) is 17.3 Å². The summed E-state index contributed by atoms with van der Waals surface area (Å²) in [6, 6.07) is 4.25. The molecule has 0 saturated carbocycles. The zero-order valence-corrected chi connectivity index (χ0v) is 37.3. The molecule has 20 heteroatoms. The number of hydrogen-bond acceptors (Lipinski definition) is 12. The van der Waals surface area contributed by atoms with Crippen LogP contribution in [-0.2, 0) is 35.2 Å². The lowest BCUT2D eigenvalue weighted by atomic mass is 10.0. The van der Waals surface area contributed by atoms with Gasteiger partial charge in [-0.05, 0) is 81.7 Å². The van der Waals surface area contributed by atoms with Gasteiger partial charge in [-0.15, -0.1) is 0 Å². The number of carboxylic acid groups (broad SMARTS) is 4. The Labute approximate surface area is 369 Å². The summed E-state index contributed by atoms with van der Waals surface area (Å²) in [6.07, 6.45) is 1.06. The average molecular weight is 893 g/mol. The van der Waals surface area contributed by atoms with E-state index in [0.717, 1.165) is 77.4 Å². The molecule has 1 aliphatic rings. The molecule has 0 aromatic heterocycles. The van der Waals surface area contributed by atoms with Gasteiger partial charge < -0.3 is 51.5 Å². The van der Waals surface area contributed by atoms with Crippen LogP contribution in [0.4, 0.5) is 10.5 Å². The van der Waals surface area contributed by atoms with Gasteiger partial charge in [0.15, 0.2) is 5.11 Å². The topological polar surface area (TPSA) is 261 Å². The maximum atomic E-state index is 12.4. The number of urea groups is 1. The van der Waals surface area contributed by atoms with E-state index >= 15 is 0 Å². The fourth-order valence-corrected chi connectivity index (χ4v) is 7.37. The molecule has 0 spiro atoms. The number of amides is 2. The average Bonchev–Trinajstić information content (AvgIpc) is 3.21. The predicted octanol–water partition coefficient (Wildman–Crippen LogP) is 2.19. The molecule has 2 rings (SSSR count). The van der Waals surface area contributed by atoms with Crippen molar-refractivity contribution in [2.75, 3.05) is 83.9 Å². The molecule has 0 bridgehead atoms. The summed E-state index contributed by atoms with van der Waals surface area (Å²) in [6.45, 7) is 15.7. The van der Waals surface area contributed by atoms with E-state index in [1.54, 1.807) is 0 Å². The highest BCUT2D eigenvalue weighted by atomic mass is 32.1. The van der Waals surface area contributed by atoms with Gasteiger partial charge in [-0.2, -0.15) is 0 Å². The fraction of sp³-hybridized carbons (Fsp3) is 0.667. The van der Waals surface area contributed by atoms with Crippen molar-refractivity contribution in [2.24, 2.45) is 0 Å². The molecule has 62 heavy (non-hydrogen) atoms. The number of rotatable bonds is 26. The second-order valence-corrected chi connectivity index (χ2v) is 15.9. The number of nitrogens with one attached hydrogen (secondary N) is 4. The first kappa shape index (κ1) is 53.4. The Balaban J connectivity index is 1.77. The second-order valence-electron chi connectivity index (χ2n) is 15.5. The normalized spacial score (nSPS) is 17.0. The number of carbonyl (C=O) groups excluding carboxylic acids is 3. The summed E-state index contributed by atoms with van der Waals surface area (Å²) >= 11 is 5.50. The lowest BCUT2D eigenvalue weighted by Gasteiger charge is -2.38. The van der Waals surface area contributed by atoms with Gasteiger partial charge in [0.25, 0.3) is 0 Å². The van der Waals surface area contributed by atoms with Gasteiger partial charge in [-0.1, -0.05) is 39.3 Å². The molecule has 348 valence electrons. The van der Waals surface area contributed by atoms with Crippen LogP contribution in [-0.4, -0.2) is 183 Å². The maximum absolute atomic E-state index is 12.4. The van der Waals surface area contributed by atoms with Gasteiger partial charge >= 0.3 is 29.9 Å². The number of benzene rings is 1. The van der Waals surface area contributed by atoms with Crippen molar-refractivity contribution in [1.82, 2.24) is 35.6 Å². The highest BCUT2D eigenvalue weighted by Crippen LogP contribution is 2.16. The number of likely N-dealkylation sites (N-methyl/N-ethyl adjacent to an activating group) is 3. The number of aliphatic carboxylic acids is 4. The minimum Gasteiger partial charge on any atom is -0.481 e. The Kier molecular flexibility index (Phi) is 25.4. The SMILES string of the molecule is CCN1CCN(CC(=O)O)CCN(CC)[C@H](Cc2ccc(NC(=S)NCCCCCC(=O)CC(=O)CC[C@H](NC(=O)N[C@@H](CCC(=O)O)C(=O)O)C(=O)O)cc2)CN(CC)CC1. The van der Waals surface area contributed by atoms with Crippen molar-refractivity contribution in [2.45, 2.75) is 103 Å². The van der Waals surface area contributed by atoms with Gasteiger partial charge in [0, 0.05) is 83.3 Å². The van der Waals surface area contributed by atoms with Gasteiger partial charge in [-0.25, -0.2) is 14.4 Å². The van der Waals surface area contributed by atoms with Crippen molar-refractivity contribution < 1.29 is 54.0 Å². The monoisotopic (exact) mass is 892 g/mol. The second kappa shape index (κ2) is 29.5. The standard InChI is InChI=1S/C42H68N8O11S/c1-4-47-20-22-48(5-2)28-32(50(6-3)25-24-49(23-21-47)29-38(55)56)26-30-11-13-31(14-12-30)44-42(62)43-19-9-7-8-10-33(51)27-34(52)15-16-35(39(57)58)45-41(61)46-36(40(59)60)17-18-37(53)54/h11-14,32,35-36H,4-10,15-29H2,1-3H3,(H,53,54)(H,55,56)(H,57,58)(H,59,60)(H2,43,44,62)(H2,45,46,61)/t32-,35+,36+/m1/s1. The van der Waals surface area contributed by atoms with Crippen LogP contribution in [0.15, 0.2) is 24.3 Å². The van der Waals surface area contributed by atoms with Crippen molar-refractivity contribution in [3.05, 3.63) is 29.8 Å². The van der Waals surface area contributed by atoms with E-state index in [9.17, 15) is 48.9 Å². The minimum absolute atomic E-state index is 0.0362. The Morgan fingerprint density at radius 3 is 1.81 bits per heavy atom. The summed E-state index contributed by atoms with van der Waals surface area (Å²) in [5.41, 5.74) is 2.04. The summed E-state index contributed by atoms with van der Waals surface area (Å²) in [4.78, 5) is 91.7. The lowest BCUT2D eigenvalue weighted by Crippen LogP contribution is -2.51. The van der Waals surface area contributed by atoms with Crippen molar-refractivity contribution in [3.8, 4) is 0 Å². The molecule has 19 nitrogen and oxygen atoms in total. The molecule has 2 amide bonds. The highest BCUT2D eigenvalue weighted by Gasteiger charge is 2.27. The molecule has 1 aliphatic heterocycles. The van der Waals surface area contributed by atoms with E-state index < -0.39 is 60.6 Å². The molecule has 0 aliphatic carbocycles. The van der Waals surface area contributed by atoms with Gasteiger partial charge in [0.1, 0.15) is 23.7 Å². The van der Waals surface area contributed by atoms with Crippen LogP contribution >= 0.6 is 12.2 Å². The maximum Gasteiger partial charge on any atom is 0.326 e. The Bertz CT molecular complexity index is 1620. The van der Waals surface area contributed by atoms with E-state index in [1.807, 2.05) is 22.3 Å². The van der Waals surface area contributed by atoms with Gasteiger partial charge in [0.05, 0.1) is 13.0 Å². The van der Waals surface area contributed by atoms with Crippen molar-refractivity contribution in [3.63, 3.8) is 0 Å². The first-order valence-corrected chi connectivity index (χ1v) is 22.0. The minimum atomic E-state index is -1.55. The van der Waals surface area contributed by atoms with Crippen LogP contribution in [0.1, 0.15) is 84.1 Å². The van der Waals surface area contributed by atoms with Gasteiger partial charge in [0.2, 0.25) is 0 Å². The zero-order chi connectivity index (χ0) is 46.0. The Morgan fingerprint density at radius 2 is 1.24 bits per heavy atom. The third-order valence-electron chi connectivity index (χ3n) is 10.9. The Morgan fingerprint density at radius 1 is 0.677 bits per heavy atom. The third-order valence-corrected chi connectivity index (χ3v) is 11.1. The quantitative estimate of drug-likeness (QED) is 0.0377. The number of carboxylic acids is 4.